The summed E-state index contributed by atoms with van der Waals surface area (Å²) in [6, 6.07) is 74.9. The Kier molecular flexibility index (Phi) is 6.66. The molecule has 0 spiro atoms. The lowest BCUT2D eigenvalue weighted by Gasteiger charge is -2.27. The quantitative estimate of drug-likeness (QED) is 0.162. The second-order valence-corrected chi connectivity index (χ2v) is 16.7. The third kappa shape index (κ3) is 4.64. The number of anilines is 3. The third-order valence-corrected chi connectivity index (χ3v) is 13.6. The topological polar surface area (TPSA) is 3.24 Å². The summed E-state index contributed by atoms with van der Waals surface area (Å²) in [7, 11) is 0. The molecule has 0 saturated carbocycles. The Bertz CT molecular complexity index is 3790. The highest BCUT2D eigenvalue weighted by molar-refractivity contribution is 7.25. The molecule has 268 valence electrons. The predicted molar refractivity (Wildman–Crippen MR) is 253 cm³/mol. The Morgan fingerprint density at radius 1 is 0.259 bits per heavy atom. The minimum atomic E-state index is 1.12. The maximum absolute atomic E-state index is 2.47. The Labute approximate surface area is 338 Å². The van der Waals surface area contributed by atoms with Crippen LogP contribution in [0.3, 0.4) is 0 Å². The van der Waals surface area contributed by atoms with Gasteiger partial charge >= 0.3 is 0 Å². The predicted octanol–water partition coefficient (Wildman–Crippen LogP) is 16.7. The van der Waals surface area contributed by atoms with E-state index in [4.69, 9.17) is 0 Å². The van der Waals surface area contributed by atoms with Crippen molar-refractivity contribution in [3.05, 3.63) is 200 Å². The first-order valence-electron chi connectivity index (χ1n) is 20.0. The summed E-state index contributed by atoms with van der Waals surface area (Å²) in [6.07, 6.45) is 0. The van der Waals surface area contributed by atoms with Crippen molar-refractivity contribution in [2.24, 2.45) is 0 Å². The molecular weight excluding hydrogens is 719 g/mol. The third-order valence-electron chi connectivity index (χ3n) is 12.5. The Morgan fingerprint density at radius 2 is 0.759 bits per heavy atom. The molecule has 13 rings (SSSR count). The summed E-state index contributed by atoms with van der Waals surface area (Å²) in [5, 5.41) is 20.5. The zero-order chi connectivity index (χ0) is 37.9. The molecule has 0 bridgehead atoms. The molecule has 0 aliphatic carbocycles. The molecule has 1 nitrogen and oxygen atoms in total. The van der Waals surface area contributed by atoms with E-state index in [9.17, 15) is 0 Å². The zero-order valence-electron chi connectivity index (χ0n) is 31.4. The molecule has 13 aromatic rings. The largest absolute Gasteiger partial charge is 0.310 e. The van der Waals surface area contributed by atoms with E-state index in [0.29, 0.717) is 0 Å². The van der Waals surface area contributed by atoms with Crippen molar-refractivity contribution in [1.82, 2.24) is 0 Å². The van der Waals surface area contributed by atoms with E-state index in [1.165, 1.54) is 107 Å². The molecule has 58 heavy (non-hydrogen) atoms. The Balaban J connectivity index is 1.12. The molecule has 0 saturated heterocycles. The van der Waals surface area contributed by atoms with E-state index in [-0.39, 0.29) is 0 Å². The first-order chi connectivity index (χ1) is 28.7. The molecule has 0 unspecified atom stereocenters. The van der Waals surface area contributed by atoms with E-state index in [2.05, 4.69) is 205 Å². The first kappa shape index (κ1) is 31.9. The molecule has 0 amide bonds. The number of hydrogen-bond donors (Lipinski definition) is 0. The highest BCUT2D eigenvalue weighted by Gasteiger charge is 2.20. The number of nitrogens with zero attached hydrogens (tertiary/aromatic N) is 1. The Morgan fingerprint density at radius 3 is 1.48 bits per heavy atom. The minimum Gasteiger partial charge on any atom is -0.310 e. The average Bonchev–Trinajstić information content (AvgIpc) is 3.66. The fourth-order valence-electron chi connectivity index (χ4n) is 9.87. The van der Waals surface area contributed by atoms with Gasteiger partial charge in [-0.2, -0.15) is 0 Å². The Hall–Kier alpha value is -7.26. The van der Waals surface area contributed by atoms with Crippen LogP contribution in [0.15, 0.2) is 200 Å². The molecule has 0 aliphatic rings. The molecule has 0 fully saturated rings. The number of rotatable bonds is 4. The summed E-state index contributed by atoms with van der Waals surface area (Å²) < 4.78 is 2.61. The molecule has 0 radical (unpaired) electrons. The molecule has 1 aromatic heterocycles. The summed E-state index contributed by atoms with van der Waals surface area (Å²) in [4.78, 5) is 2.47. The first-order valence-corrected chi connectivity index (χ1v) is 20.8. The monoisotopic (exact) mass is 751 g/mol. The highest BCUT2D eigenvalue weighted by Crippen LogP contribution is 2.47. The summed E-state index contributed by atoms with van der Waals surface area (Å²) in [5.41, 5.74) is 5.81. The van der Waals surface area contributed by atoms with Gasteiger partial charge in [0.1, 0.15) is 0 Å². The van der Waals surface area contributed by atoms with Crippen molar-refractivity contribution in [3.63, 3.8) is 0 Å². The summed E-state index contributed by atoms with van der Waals surface area (Å²) >= 11 is 1.86. The second kappa shape index (κ2) is 12.1. The van der Waals surface area contributed by atoms with Crippen molar-refractivity contribution in [3.8, 4) is 11.1 Å². The van der Waals surface area contributed by atoms with Crippen LogP contribution >= 0.6 is 11.3 Å². The second-order valence-electron chi connectivity index (χ2n) is 15.7. The molecule has 2 heteroatoms. The van der Waals surface area contributed by atoms with Crippen LogP contribution in [-0.2, 0) is 0 Å². The standard InChI is InChI=1S/C56H33NS/c1-2-9-39-30-40(22-18-34(39)8-1)35-24-26-42(27-25-35)57(43-28-29-52-49(32-43)45-13-3-4-17-51(45)58-52)44-31-41-23-21-38-11-6-15-47-46-14-5-10-36-19-20-37-12-7-16-48(55(37)53(36)46)50(33-44)56(41)54(38)47/h1-33H. The van der Waals surface area contributed by atoms with Gasteiger partial charge in [0.2, 0.25) is 0 Å². The molecule has 12 aromatic carbocycles. The molecular formula is C56H33NS. The minimum absolute atomic E-state index is 1.12. The maximum Gasteiger partial charge on any atom is 0.0474 e. The van der Waals surface area contributed by atoms with Crippen LogP contribution in [0.2, 0.25) is 0 Å². The fourth-order valence-corrected chi connectivity index (χ4v) is 11.0. The summed E-state index contributed by atoms with van der Waals surface area (Å²) in [6.45, 7) is 0. The van der Waals surface area contributed by atoms with Gasteiger partial charge in [0, 0.05) is 37.2 Å². The van der Waals surface area contributed by atoms with Crippen molar-refractivity contribution in [1.29, 1.82) is 0 Å². The van der Waals surface area contributed by atoms with Gasteiger partial charge in [0.15, 0.2) is 0 Å². The molecule has 0 N–H and O–H groups in total. The van der Waals surface area contributed by atoms with Crippen LogP contribution in [0.1, 0.15) is 0 Å². The lowest BCUT2D eigenvalue weighted by atomic mass is 9.87. The summed E-state index contributed by atoms with van der Waals surface area (Å²) in [5.74, 6) is 0. The average molecular weight is 752 g/mol. The highest BCUT2D eigenvalue weighted by atomic mass is 32.1. The molecule has 0 aliphatic heterocycles. The lowest BCUT2D eigenvalue weighted by Crippen LogP contribution is -2.10. The van der Waals surface area contributed by atoms with E-state index < -0.39 is 0 Å². The van der Waals surface area contributed by atoms with Gasteiger partial charge in [-0.15, -0.1) is 11.3 Å². The van der Waals surface area contributed by atoms with Gasteiger partial charge in [-0.3, -0.25) is 0 Å². The van der Waals surface area contributed by atoms with E-state index in [0.717, 1.165) is 17.1 Å². The molecule has 0 atom stereocenters. The van der Waals surface area contributed by atoms with Crippen molar-refractivity contribution in [2.75, 3.05) is 4.90 Å². The van der Waals surface area contributed by atoms with E-state index in [1.54, 1.807) is 0 Å². The van der Waals surface area contributed by atoms with Crippen LogP contribution in [0.25, 0.3) is 107 Å². The fraction of sp³-hybridized carbons (Fsp3) is 0. The SMILES string of the molecule is c1ccc2cc(-c3ccc(N(c4ccc5sc6ccccc6c5c4)c4cc5ccc6cccc7c8cccc9ccc%10cccc(c(c4)c5c67)c%10c98)cc3)ccc2c1. The van der Waals surface area contributed by atoms with Crippen molar-refractivity contribution >= 4 is 124 Å². The number of fused-ring (bicyclic) bond motifs is 6. The number of benzene rings is 11. The van der Waals surface area contributed by atoms with Crippen LogP contribution in [0.4, 0.5) is 17.1 Å². The van der Waals surface area contributed by atoms with Gasteiger partial charge in [0.05, 0.1) is 0 Å². The van der Waals surface area contributed by atoms with E-state index >= 15 is 0 Å². The van der Waals surface area contributed by atoms with Gasteiger partial charge in [-0.05, 0) is 141 Å². The molecule has 1 heterocycles. The van der Waals surface area contributed by atoms with Crippen LogP contribution in [-0.4, -0.2) is 0 Å². The van der Waals surface area contributed by atoms with Crippen LogP contribution < -0.4 is 4.90 Å². The van der Waals surface area contributed by atoms with E-state index in [1.807, 2.05) is 11.3 Å². The van der Waals surface area contributed by atoms with Crippen LogP contribution in [0.5, 0.6) is 0 Å². The number of hydrogen-bond acceptors (Lipinski definition) is 2. The van der Waals surface area contributed by atoms with Crippen LogP contribution in [0, 0.1) is 0 Å². The van der Waals surface area contributed by atoms with Gasteiger partial charge < -0.3 is 4.90 Å². The van der Waals surface area contributed by atoms with Gasteiger partial charge in [-0.25, -0.2) is 0 Å². The van der Waals surface area contributed by atoms with Crippen molar-refractivity contribution in [2.45, 2.75) is 0 Å². The number of thiophene rings is 1. The van der Waals surface area contributed by atoms with Crippen molar-refractivity contribution < 1.29 is 0 Å². The van der Waals surface area contributed by atoms with Gasteiger partial charge in [-0.1, -0.05) is 146 Å². The zero-order valence-corrected chi connectivity index (χ0v) is 32.2. The smallest absolute Gasteiger partial charge is 0.0474 e. The maximum atomic E-state index is 2.47. The van der Waals surface area contributed by atoms with Gasteiger partial charge in [0.25, 0.3) is 0 Å². The normalized spacial score (nSPS) is 12.1. The lowest BCUT2D eigenvalue weighted by molar-refractivity contribution is 1.30.